The Morgan fingerprint density at radius 3 is 2.57 bits per heavy atom. The Hall–Kier alpha value is -1.74. The molecule has 1 aliphatic carbocycles. The Balaban J connectivity index is 1.73. The lowest BCUT2D eigenvalue weighted by Gasteiger charge is -2.43. The highest BCUT2D eigenvalue weighted by atomic mass is 32.1. The van der Waals surface area contributed by atoms with E-state index in [-0.39, 0.29) is 5.54 Å². The fraction of sp³-hybridized carbons (Fsp3) is 0.400. The third kappa shape index (κ3) is 1.80. The molecule has 0 N–H and O–H groups in total. The van der Waals surface area contributed by atoms with Crippen LogP contribution in [0.25, 0.3) is 10.2 Å². The van der Waals surface area contributed by atoms with Gasteiger partial charge < -0.3 is 9.47 Å². The Morgan fingerprint density at radius 1 is 1.00 bits per heavy atom. The minimum Gasteiger partial charge on any atom is -0.357 e. The van der Waals surface area contributed by atoms with Crippen LogP contribution in [0.3, 0.4) is 0 Å². The van der Waals surface area contributed by atoms with Crippen LogP contribution in [0.2, 0.25) is 0 Å². The zero-order chi connectivity index (χ0) is 15.4. The van der Waals surface area contributed by atoms with Crippen molar-refractivity contribution >= 4 is 27.2 Å². The minimum absolute atomic E-state index is 0.231. The second-order valence-corrected chi connectivity index (χ2v) is 8.14. The van der Waals surface area contributed by atoms with Gasteiger partial charge in [-0.05, 0) is 31.0 Å². The molecule has 0 saturated heterocycles. The van der Waals surface area contributed by atoms with E-state index in [0.717, 1.165) is 6.54 Å². The van der Waals surface area contributed by atoms with Crippen molar-refractivity contribution in [1.82, 2.24) is 4.57 Å². The lowest BCUT2D eigenvalue weighted by molar-refractivity contribution is 0.295. The number of thiophene rings is 1. The van der Waals surface area contributed by atoms with Crippen molar-refractivity contribution in [3.05, 3.63) is 53.0 Å². The molecule has 1 aliphatic heterocycles. The van der Waals surface area contributed by atoms with Gasteiger partial charge in [-0.3, -0.25) is 0 Å². The summed E-state index contributed by atoms with van der Waals surface area (Å²) in [6, 6.07) is 13.4. The van der Waals surface area contributed by atoms with E-state index in [1.807, 2.05) is 11.3 Å². The number of para-hydroxylation sites is 1. The van der Waals surface area contributed by atoms with Crippen molar-refractivity contribution in [1.29, 1.82) is 0 Å². The zero-order valence-electron chi connectivity index (χ0n) is 13.6. The van der Waals surface area contributed by atoms with Crippen molar-refractivity contribution < 1.29 is 0 Å². The van der Waals surface area contributed by atoms with Gasteiger partial charge in [0.1, 0.15) is 4.83 Å². The summed E-state index contributed by atoms with van der Waals surface area (Å²) in [5.74, 6) is 0. The van der Waals surface area contributed by atoms with Gasteiger partial charge in [0.15, 0.2) is 0 Å². The number of nitrogens with zero attached hydrogens (tertiary/aromatic N) is 2. The third-order valence-electron chi connectivity index (χ3n) is 5.82. The maximum atomic E-state index is 2.71. The predicted molar refractivity (Wildman–Crippen MR) is 98.2 cm³/mol. The van der Waals surface area contributed by atoms with Crippen molar-refractivity contribution in [3.63, 3.8) is 0 Å². The number of hydrogen-bond donors (Lipinski definition) is 0. The summed E-state index contributed by atoms with van der Waals surface area (Å²) < 4.78 is 2.29. The first kappa shape index (κ1) is 13.7. The highest BCUT2D eigenvalue weighted by molar-refractivity contribution is 7.19. The quantitative estimate of drug-likeness (QED) is 0.581. The van der Waals surface area contributed by atoms with Crippen LogP contribution in [-0.2, 0) is 19.1 Å². The van der Waals surface area contributed by atoms with Crippen LogP contribution in [-0.4, -0.2) is 4.57 Å². The van der Waals surface area contributed by atoms with E-state index in [1.54, 1.807) is 10.4 Å². The Kier molecular flexibility index (Phi) is 2.90. The molecule has 23 heavy (non-hydrogen) atoms. The first-order valence-corrected chi connectivity index (χ1v) is 9.51. The molecular weight excluding hydrogens is 300 g/mol. The van der Waals surface area contributed by atoms with Gasteiger partial charge in [-0.1, -0.05) is 37.5 Å². The molecule has 3 heteroatoms. The maximum Gasteiger partial charge on any atom is 0.103 e. The van der Waals surface area contributed by atoms with Gasteiger partial charge in [0.05, 0.1) is 12.1 Å². The van der Waals surface area contributed by atoms with Gasteiger partial charge in [-0.2, -0.15) is 0 Å². The first-order valence-electron chi connectivity index (χ1n) is 8.69. The molecule has 3 heterocycles. The van der Waals surface area contributed by atoms with E-state index in [2.05, 4.69) is 59.1 Å². The number of benzene rings is 1. The van der Waals surface area contributed by atoms with Gasteiger partial charge in [-0.25, -0.2) is 0 Å². The molecule has 0 unspecified atom stereocenters. The van der Waals surface area contributed by atoms with Crippen LogP contribution in [0.15, 0.2) is 42.6 Å². The third-order valence-corrected chi connectivity index (χ3v) is 7.10. The van der Waals surface area contributed by atoms with E-state index in [9.17, 15) is 0 Å². The molecule has 5 rings (SSSR count). The van der Waals surface area contributed by atoms with Crippen molar-refractivity contribution in [2.45, 2.75) is 44.2 Å². The molecule has 118 valence electrons. The molecule has 3 aromatic rings. The topological polar surface area (TPSA) is 8.17 Å². The van der Waals surface area contributed by atoms with Gasteiger partial charge in [-0.15, -0.1) is 11.3 Å². The summed E-state index contributed by atoms with van der Waals surface area (Å²) in [4.78, 5) is 5.75. The van der Waals surface area contributed by atoms with E-state index in [4.69, 9.17) is 0 Å². The smallest absolute Gasteiger partial charge is 0.103 e. The fourth-order valence-electron chi connectivity index (χ4n) is 4.80. The summed E-state index contributed by atoms with van der Waals surface area (Å²) >= 11 is 2.01. The van der Waals surface area contributed by atoms with E-state index >= 15 is 0 Å². The molecule has 0 bridgehead atoms. The van der Waals surface area contributed by atoms with Crippen molar-refractivity contribution in [3.8, 4) is 0 Å². The minimum atomic E-state index is 0.231. The number of aromatic nitrogens is 1. The van der Waals surface area contributed by atoms with Gasteiger partial charge in [0, 0.05) is 34.8 Å². The Labute approximate surface area is 141 Å². The molecule has 2 aliphatic rings. The predicted octanol–water partition coefficient (Wildman–Crippen LogP) is 5.42. The van der Waals surface area contributed by atoms with Crippen LogP contribution >= 0.6 is 11.3 Å². The van der Waals surface area contributed by atoms with Gasteiger partial charge >= 0.3 is 0 Å². The highest BCUT2D eigenvalue weighted by Gasteiger charge is 2.48. The lowest BCUT2D eigenvalue weighted by atomic mass is 9.76. The largest absolute Gasteiger partial charge is 0.357 e. The molecule has 0 amide bonds. The lowest BCUT2D eigenvalue weighted by Crippen LogP contribution is -2.42. The second kappa shape index (κ2) is 4.88. The number of aryl methyl sites for hydroxylation is 1. The molecule has 0 atom stereocenters. The summed E-state index contributed by atoms with van der Waals surface area (Å²) in [6.07, 6.45) is 8.93. The van der Waals surface area contributed by atoms with Crippen LogP contribution < -0.4 is 4.90 Å². The molecule has 1 aromatic carbocycles. The summed E-state index contributed by atoms with van der Waals surface area (Å²) in [7, 11) is 2.18. The average Bonchev–Trinajstić information content (AvgIpc) is 3.21. The standard InChI is InChI=1S/C20H22N2S/c1-21-13-10-16-18-17(23-19(16)21)14-22(15-8-4-2-5-9-15)20(18)11-6-3-7-12-20/h2,4-5,8-10,13H,3,6-7,11-12,14H2,1H3. The van der Waals surface area contributed by atoms with E-state index in [1.165, 1.54) is 48.0 Å². The molecule has 1 fully saturated rings. The number of anilines is 1. The average molecular weight is 322 g/mol. The number of hydrogen-bond acceptors (Lipinski definition) is 2. The molecular formula is C20H22N2S. The van der Waals surface area contributed by atoms with Gasteiger partial charge in [0.2, 0.25) is 0 Å². The summed E-state index contributed by atoms with van der Waals surface area (Å²) in [6.45, 7) is 1.08. The SMILES string of the molecule is Cn1ccc2c3c(sc21)CN(c1ccccc1)C31CCCCC1. The van der Waals surface area contributed by atoms with Crippen molar-refractivity contribution in [2.75, 3.05) is 4.90 Å². The summed E-state index contributed by atoms with van der Waals surface area (Å²) in [5, 5.41) is 1.51. The van der Waals surface area contributed by atoms with Crippen LogP contribution in [0, 0.1) is 0 Å². The first-order chi connectivity index (χ1) is 11.3. The highest BCUT2D eigenvalue weighted by Crippen LogP contribution is 2.55. The number of fused-ring (bicyclic) bond motifs is 4. The number of rotatable bonds is 1. The maximum absolute atomic E-state index is 2.71. The van der Waals surface area contributed by atoms with Crippen LogP contribution in [0.5, 0.6) is 0 Å². The normalized spacial score (nSPS) is 19.6. The van der Waals surface area contributed by atoms with Crippen LogP contribution in [0.4, 0.5) is 5.69 Å². The Morgan fingerprint density at radius 2 is 1.78 bits per heavy atom. The van der Waals surface area contributed by atoms with Crippen molar-refractivity contribution in [2.24, 2.45) is 7.05 Å². The molecule has 2 nitrogen and oxygen atoms in total. The molecule has 1 saturated carbocycles. The molecule has 0 radical (unpaired) electrons. The van der Waals surface area contributed by atoms with E-state index in [0.29, 0.717) is 0 Å². The van der Waals surface area contributed by atoms with E-state index < -0.39 is 0 Å². The monoisotopic (exact) mass is 322 g/mol. The molecule has 2 aromatic heterocycles. The van der Waals surface area contributed by atoms with Crippen LogP contribution in [0.1, 0.15) is 42.5 Å². The zero-order valence-corrected chi connectivity index (χ0v) is 14.4. The Bertz CT molecular complexity index is 853. The summed E-state index contributed by atoms with van der Waals surface area (Å²) in [5.41, 5.74) is 3.28. The fourth-order valence-corrected chi connectivity index (χ4v) is 6.12. The molecule has 1 spiro atoms. The second-order valence-electron chi connectivity index (χ2n) is 7.06. The van der Waals surface area contributed by atoms with Gasteiger partial charge in [0.25, 0.3) is 0 Å².